The number of methoxy groups -OCH3 is 1. The molecule has 2 aromatic carbocycles. The third kappa shape index (κ3) is 3.33. The number of nitrogen functional groups attached to an aromatic ring is 1. The molecule has 0 aromatic heterocycles. The van der Waals surface area contributed by atoms with Gasteiger partial charge in [0.05, 0.1) is 18.5 Å². The Balaban J connectivity index is 2.30. The zero-order chi connectivity index (χ0) is 15.6. The first kappa shape index (κ1) is 15.3. The number of hydrogen-bond acceptors (Lipinski definition) is 3. The van der Waals surface area contributed by atoms with Crippen molar-refractivity contribution in [1.29, 1.82) is 0 Å². The Morgan fingerprint density at radius 1 is 1.33 bits per heavy atom. The van der Waals surface area contributed by atoms with Crippen molar-refractivity contribution in [2.45, 2.75) is 6.92 Å². The molecule has 21 heavy (non-hydrogen) atoms. The van der Waals surface area contributed by atoms with Gasteiger partial charge in [-0.2, -0.15) is 0 Å². The molecule has 0 aliphatic rings. The van der Waals surface area contributed by atoms with E-state index in [1.165, 1.54) is 25.3 Å². The molecule has 1 amide bonds. The van der Waals surface area contributed by atoms with Gasteiger partial charge in [-0.1, -0.05) is 15.9 Å². The number of rotatable bonds is 3. The molecule has 4 nitrogen and oxygen atoms in total. The predicted octanol–water partition coefficient (Wildman–Crippen LogP) is 3.74. The van der Waals surface area contributed by atoms with E-state index in [9.17, 15) is 9.18 Å². The van der Waals surface area contributed by atoms with Crippen LogP contribution in [0.4, 0.5) is 15.8 Å². The van der Waals surface area contributed by atoms with E-state index in [1.54, 1.807) is 6.07 Å². The minimum Gasteiger partial charge on any atom is -0.494 e. The van der Waals surface area contributed by atoms with Crippen molar-refractivity contribution in [2.24, 2.45) is 0 Å². The van der Waals surface area contributed by atoms with Crippen molar-refractivity contribution in [1.82, 2.24) is 0 Å². The van der Waals surface area contributed by atoms with E-state index < -0.39 is 5.82 Å². The van der Waals surface area contributed by atoms with Gasteiger partial charge in [-0.05, 0) is 42.8 Å². The van der Waals surface area contributed by atoms with E-state index in [4.69, 9.17) is 10.5 Å². The zero-order valence-electron chi connectivity index (χ0n) is 11.5. The maximum absolute atomic E-state index is 13.4. The van der Waals surface area contributed by atoms with Crippen LogP contribution in [0.3, 0.4) is 0 Å². The second-order valence-corrected chi connectivity index (χ2v) is 5.41. The zero-order valence-corrected chi connectivity index (χ0v) is 13.1. The summed E-state index contributed by atoms with van der Waals surface area (Å²) in [4.78, 5) is 12.2. The lowest BCUT2D eigenvalue weighted by molar-refractivity contribution is 0.102. The van der Waals surface area contributed by atoms with E-state index in [0.717, 1.165) is 10.0 Å². The number of carbonyl (C=O) groups excluding carboxylic acids is 1. The molecule has 0 fully saturated rings. The summed E-state index contributed by atoms with van der Waals surface area (Å²) in [5.41, 5.74) is 7.99. The van der Waals surface area contributed by atoms with Crippen LogP contribution in [0.25, 0.3) is 0 Å². The minimum absolute atomic E-state index is 0.0168. The molecule has 6 heteroatoms. The first-order chi connectivity index (χ1) is 9.92. The van der Waals surface area contributed by atoms with Crippen molar-refractivity contribution in [2.75, 3.05) is 18.2 Å². The highest BCUT2D eigenvalue weighted by Crippen LogP contribution is 2.28. The average Bonchev–Trinajstić information content (AvgIpc) is 2.43. The SMILES string of the molecule is COc1cc(C(=O)Nc2c(C)cc(Br)cc2N)ccc1F. The van der Waals surface area contributed by atoms with Crippen LogP contribution in [-0.2, 0) is 0 Å². The van der Waals surface area contributed by atoms with Gasteiger partial charge in [0.15, 0.2) is 11.6 Å². The van der Waals surface area contributed by atoms with Gasteiger partial charge in [0.25, 0.3) is 5.91 Å². The van der Waals surface area contributed by atoms with Gasteiger partial charge in [0, 0.05) is 10.0 Å². The summed E-state index contributed by atoms with van der Waals surface area (Å²) in [6, 6.07) is 7.46. The summed E-state index contributed by atoms with van der Waals surface area (Å²) in [5.74, 6) is -0.887. The Kier molecular flexibility index (Phi) is 4.47. The molecule has 0 unspecified atom stereocenters. The maximum Gasteiger partial charge on any atom is 0.255 e. The third-order valence-electron chi connectivity index (χ3n) is 2.98. The second-order valence-electron chi connectivity index (χ2n) is 4.49. The molecule has 0 spiro atoms. The molecule has 2 rings (SSSR count). The molecule has 0 heterocycles. The largest absolute Gasteiger partial charge is 0.494 e. The number of hydrogen-bond donors (Lipinski definition) is 2. The average molecular weight is 353 g/mol. The molecule has 2 aromatic rings. The smallest absolute Gasteiger partial charge is 0.255 e. The molecule has 3 N–H and O–H groups in total. The molecule has 110 valence electrons. The highest BCUT2D eigenvalue weighted by Gasteiger charge is 2.13. The van der Waals surface area contributed by atoms with Crippen LogP contribution in [0, 0.1) is 12.7 Å². The van der Waals surface area contributed by atoms with Crippen LogP contribution in [0.15, 0.2) is 34.8 Å². The quantitative estimate of drug-likeness (QED) is 0.827. The number of aryl methyl sites for hydroxylation is 1. The lowest BCUT2D eigenvalue weighted by atomic mass is 10.1. The van der Waals surface area contributed by atoms with Crippen LogP contribution in [0.1, 0.15) is 15.9 Å². The molecule has 0 radical (unpaired) electrons. The van der Waals surface area contributed by atoms with E-state index in [0.29, 0.717) is 11.4 Å². The van der Waals surface area contributed by atoms with Gasteiger partial charge in [-0.3, -0.25) is 4.79 Å². The summed E-state index contributed by atoms with van der Waals surface area (Å²) in [7, 11) is 1.34. The Labute approximate surface area is 130 Å². The van der Waals surface area contributed by atoms with Crippen molar-refractivity contribution in [3.05, 3.63) is 51.7 Å². The van der Waals surface area contributed by atoms with Crippen LogP contribution in [-0.4, -0.2) is 13.0 Å². The van der Waals surface area contributed by atoms with Gasteiger partial charge >= 0.3 is 0 Å². The normalized spacial score (nSPS) is 10.3. The Hall–Kier alpha value is -2.08. The third-order valence-corrected chi connectivity index (χ3v) is 3.44. The summed E-state index contributed by atoms with van der Waals surface area (Å²) in [5, 5.41) is 2.73. The van der Waals surface area contributed by atoms with Crippen molar-refractivity contribution < 1.29 is 13.9 Å². The lowest BCUT2D eigenvalue weighted by Crippen LogP contribution is -2.14. The molecule has 0 aliphatic heterocycles. The number of halogens is 2. The fourth-order valence-electron chi connectivity index (χ4n) is 1.93. The number of anilines is 2. The van der Waals surface area contributed by atoms with Crippen LogP contribution < -0.4 is 15.8 Å². The van der Waals surface area contributed by atoms with E-state index in [-0.39, 0.29) is 17.2 Å². The lowest BCUT2D eigenvalue weighted by Gasteiger charge is -2.12. The monoisotopic (exact) mass is 352 g/mol. The highest BCUT2D eigenvalue weighted by atomic mass is 79.9. The molecule has 0 atom stereocenters. The van der Waals surface area contributed by atoms with Crippen LogP contribution in [0.5, 0.6) is 5.75 Å². The van der Waals surface area contributed by atoms with Crippen LogP contribution >= 0.6 is 15.9 Å². The number of nitrogens with one attached hydrogen (secondary N) is 1. The Morgan fingerprint density at radius 3 is 2.67 bits per heavy atom. The first-order valence-electron chi connectivity index (χ1n) is 6.13. The number of benzene rings is 2. The van der Waals surface area contributed by atoms with Gasteiger partial charge < -0.3 is 15.8 Å². The molecule has 0 bridgehead atoms. The summed E-state index contributed by atoms with van der Waals surface area (Å²) < 4.78 is 19.0. The standard InChI is InChI=1S/C15H14BrFN2O2/c1-8-5-10(16)7-12(18)14(8)19-15(20)9-3-4-11(17)13(6-9)21-2/h3-7H,18H2,1-2H3,(H,19,20). The number of ether oxygens (including phenoxy) is 1. The maximum atomic E-state index is 13.4. The van der Waals surface area contributed by atoms with Gasteiger partial charge in [0.2, 0.25) is 0 Å². The van der Waals surface area contributed by atoms with Crippen molar-refractivity contribution >= 4 is 33.2 Å². The molecular formula is C15H14BrFN2O2. The molecule has 0 saturated heterocycles. The summed E-state index contributed by atoms with van der Waals surface area (Å²) >= 11 is 3.33. The van der Waals surface area contributed by atoms with E-state index >= 15 is 0 Å². The van der Waals surface area contributed by atoms with Gasteiger partial charge in [0.1, 0.15) is 0 Å². The molecule has 0 aliphatic carbocycles. The first-order valence-corrected chi connectivity index (χ1v) is 6.92. The van der Waals surface area contributed by atoms with Gasteiger partial charge in [-0.15, -0.1) is 0 Å². The molecule has 0 saturated carbocycles. The summed E-state index contributed by atoms with van der Waals surface area (Å²) in [6.45, 7) is 1.84. The fraction of sp³-hybridized carbons (Fsp3) is 0.133. The van der Waals surface area contributed by atoms with Crippen LogP contribution in [0.2, 0.25) is 0 Å². The highest BCUT2D eigenvalue weighted by molar-refractivity contribution is 9.10. The Morgan fingerprint density at radius 2 is 2.05 bits per heavy atom. The minimum atomic E-state index is -0.520. The Bertz CT molecular complexity index is 681. The summed E-state index contributed by atoms with van der Waals surface area (Å²) in [6.07, 6.45) is 0. The van der Waals surface area contributed by atoms with E-state index in [1.807, 2.05) is 13.0 Å². The number of carbonyl (C=O) groups is 1. The molecular weight excluding hydrogens is 339 g/mol. The van der Waals surface area contributed by atoms with Gasteiger partial charge in [-0.25, -0.2) is 4.39 Å². The number of nitrogens with two attached hydrogens (primary N) is 1. The van der Waals surface area contributed by atoms with Crippen molar-refractivity contribution in [3.63, 3.8) is 0 Å². The topological polar surface area (TPSA) is 64.3 Å². The van der Waals surface area contributed by atoms with Crippen molar-refractivity contribution in [3.8, 4) is 5.75 Å². The number of amides is 1. The second kappa shape index (κ2) is 6.13. The predicted molar refractivity (Wildman–Crippen MR) is 84.2 cm³/mol. The van der Waals surface area contributed by atoms with E-state index in [2.05, 4.69) is 21.2 Å². The fourth-order valence-corrected chi connectivity index (χ4v) is 2.52.